The molecular formula is C9H16N2O2. The molecule has 0 aromatic heterocycles. The van der Waals surface area contributed by atoms with Gasteiger partial charge in [0.2, 0.25) is 11.8 Å². The average molecular weight is 184 g/mol. The van der Waals surface area contributed by atoms with E-state index in [9.17, 15) is 9.59 Å². The van der Waals surface area contributed by atoms with Gasteiger partial charge in [0.1, 0.15) is 0 Å². The molecule has 0 aliphatic carbocycles. The van der Waals surface area contributed by atoms with Crippen LogP contribution < -0.4 is 5.32 Å². The summed E-state index contributed by atoms with van der Waals surface area (Å²) in [5, 5.41) is 2.92. The molecule has 1 saturated heterocycles. The van der Waals surface area contributed by atoms with Gasteiger partial charge < -0.3 is 5.32 Å². The molecular weight excluding hydrogens is 168 g/mol. The monoisotopic (exact) mass is 184 g/mol. The van der Waals surface area contributed by atoms with Gasteiger partial charge in [-0.05, 0) is 13.5 Å². The Labute approximate surface area is 78.3 Å². The highest BCUT2D eigenvalue weighted by Gasteiger charge is 2.36. The number of amides is 2. The highest BCUT2D eigenvalue weighted by atomic mass is 16.2. The Morgan fingerprint density at radius 3 is 2.69 bits per heavy atom. The maximum atomic E-state index is 11.5. The predicted octanol–water partition coefficient (Wildman–Crippen LogP) is -0.00910. The fourth-order valence-electron chi connectivity index (χ4n) is 1.53. The van der Waals surface area contributed by atoms with Crippen LogP contribution in [0.15, 0.2) is 0 Å². The van der Waals surface area contributed by atoms with E-state index < -0.39 is 0 Å². The Hall–Kier alpha value is -0.900. The molecule has 1 fully saturated rings. The summed E-state index contributed by atoms with van der Waals surface area (Å²) in [5.74, 6) is -0.0841. The molecule has 74 valence electrons. The Kier molecular flexibility index (Phi) is 3.42. The fourth-order valence-corrected chi connectivity index (χ4v) is 1.53. The van der Waals surface area contributed by atoms with Crippen molar-refractivity contribution in [3.05, 3.63) is 0 Å². The van der Waals surface area contributed by atoms with E-state index >= 15 is 0 Å². The van der Waals surface area contributed by atoms with Gasteiger partial charge in [0.25, 0.3) is 0 Å². The molecule has 0 aromatic carbocycles. The zero-order valence-corrected chi connectivity index (χ0v) is 8.17. The number of nitrogens with one attached hydrogen (secondary N) is 1. The lowest BCUT2D eigenvalue weighted by atomic mass is 10.1. The molecule has 0 saturated carbocycles. The molecule has 1 aliphatic heterocycles. The van der Waals surface area contributed by atoms with Gasteiger partial charge in [-0.2, -0.15) is 0 Å². The van der Waals surface area contributed by atoms with E-state index in [1.807, 2.05) is 14.0 Å². The summed E-state index contributed by atoms with van der Waals surface area (Å²) >= 11 is 0. The molecule has 4 heteroatoms. The van der Waals surface area contributed by atoms with Crippen molar-refractivity contribution in [1.29, 1.82) is 0 Å². The summed E-state index contributed by atoms with van der Waals surface area (Å²) in [4.78, 5) is 24.2. The Morgan fingerprint density at radius 1 is 1.54 bits per heavy atom. The topological polar surface area (TPSA) is 49.4 Å². The summed E-state index contributed by atoms with van der Waals surface area (Å²) < 4.78 is 0. The van der Waals surface area contributed by atoms with E-state index in [2.05, 4.69) is 5.32 Å². The second kappa shape index (κ2) is 4.37. The lowest BCUT2D eigenvalue weighted by molar-refractivity contribution is -0.139. The minimum atomic E-state index is -0.0654. The van der Waals surface area contributed by atoms with Crippen LogP contribution in [0.1, 0.15) is 19.8 Å². The molecule has 0 bridgehead atoms. The van der Waals surface area contributed by atoms with Gasteiger partial charge in [-0.15, -0.1) is 0 Å². The van der Waals surface area contributed by atoms with E-state index in [0.29, 0.717) is 19.5 Å². The minimum absolute atomic E-state index is 0.00255. The van der Waals surface area contributed by atoms with E-state index in [1.165, 1.54) is 4.90 Å². The first-order chi connectivity index (χ1) is 6.20. The van der Waals surface area contributed by atoms with Crippen molar-refractivity contribution in [3.63, 3.8) is 0 Å². The summed E-state index contributed by atoms with van der Waals surface area (Å²) in [7, 11) is 1.81. The molecule has 2 amide bonds. The number of nitrogens with zero attached hydrogens (tertiary/aromatic N) is 1. The van der Waals surface area contributed by atoms with Crippen molar-refractivity contribution in [2.24, 2.45) is 5.92 Å². The smallest absolute Gasteiger partial charge is 0.232 e. The van der Waals surface area contributed by atoms with E-state index in [-0.39, 0.29) is 17.7 Å². The van der Waals surface area contributed by atoms with E-state index in [4.69, 9.17) is 0 Å². The van der Waals surface area contributed by atoms with Crippen molar-refractivity contribution in [3.8, 4) is 0 Å². The second-order valence-electron chi connectivity index (χ2n) is 3.30. The Morgan fingerprint density at radius 2 is 2.23 bits per heavy atom. The number of hydrogen-bond acceptors (Lipinski definition) is 3. The summed E-state index contributed by atoms with van der Waals surface area (Å²) in [5.41, 5.74) is 0. The summed E-state index contributed by atoms with van der Waals surface area (Å²) in [6.45, 7) is 3.12. The molecule has 1 rings (SSSR count). The van der Waals surface area contributed by atoms with Crippen LogP contribution in [0.5, 0.6) is 0 Å². The van der Waals surface area contributed by atoms with Crippen LogP contribution in [0.4, 0.5) is 0 Å². The fraction of sp³-hybridized carbons (Fsp3) is 0.778. The number of carbonyl (C=O) groups is 2. The second-order valence-corrected chi connectivity index (χ2v) is 3.30. The van der Waals surface area contributed by atoms with E-state index in [0.717, 1.165) is 6.42 Å². The van der Waals surface area contributed by atoms with Gasteiger partial charge >= 0.3 is 0 Å². The number of rotatable bonds is 4. The maximum absolute atomic E-state index is 11.5. The van der Waals surface area contributed by atoms with Gasteiger partial charge in [0, 0.05) is 25.4 Å². The van der Waals surface area contributed by atoms with Gasteiger partial charge in [-0.3, -0.25) is 14.5 Å². The zero-order chi connectivity index (χ0) is 9.84. The highest BCUT2D eigenvalue weighted by Crippen LogP contribution is 2.21. The minimum Gasteiger partial charge on any atom is -0.318 e. The molecule has 4 nitrogen and oxygen atoms in total. The Bertz CT molecular complexity index is 216. The lowest BCUT2D eigenvalue weighted by Crippen LogP contribution is -2.35. The molecule has 1 N–H and O–H groups in total. The van der Waals surface area contributed by atoms with Crippen LogP contribution >= 0.6 is 0 Å². The number of hydrogen-bond donors (Lipinski definition) is 1. The summed E-state index contributed by atoms with van der Waals surface area (Å²) in [6.07, 6.45) is 1.17. The molecule has 1 atom stereocenters. The first-order valence-electron chi connectivity index (χ1n) is 4.69. The standard InChI is InChI=1S/C9H16N2O2/c1-3-7-6-8(12)11(9(7)13)5-4-10-2/h7,10H,3-6H2,1-2H3. The van der Waals surface area contributed by atoms with Crippen molar-refractivity contribution >= 4 is 11.8 Å². The SMILES string of the molecule is CCC1CC(=O)N(CCNC)C1=O. The number of imide groups is 1. The lowest BCUT2D eigenvalue weighted by Gasteiger charge is -2.13. The molecule has 1 heterocycles. The largest absolute Gasteiger partial charge is 0.318 e. The quantitative estimate of drug-likeness (QED) is 0.625. The Balaban J connectivity index is 2.54. The molecule has 0 radical (unpaired) electrons. The molecule has 1 unspecified atom stereocenters. The van der Waals surface area contributed by atoms with Gasteiger partial charge in [0.15, 0.2) is 0 Å². The van der Waals surface area contributed by atoms with Crippen LogP contribution in [0.2, 0.25) is 0 Å². The summed E-state index contributed by atoms with van der Waals surface area (Å²) in [6, 6.07) is 0. The van der Waals surface area contributed by atoms with Crippen molar-refractivity contribution < 1.29 is 9.59 Å². The average Bonchev–Trinajstić information content (AvgIpc) is 2.39. The normalized spacial score (nSPS) is 22.9. The van der Waals surface area contributed by atoms with Crippen LogP contribution in [-0.4, -0.2) is 36.9 Å². The first kappa shape index (κ1) is 10.2. The van der Waals surface area contributed by atoms with E-state index in [1.54, 1.807) is 0 Å². The van der Waals surface area contributed by atoms with Gasteiger partial charge in [0.05, 0.1) is 0 Å². The van der Waals surface area contributed by atoms with Crippen LogP contribution in [0.25, 0.3) is 0 Å². The van der Waals surface area contributed by atoms with Crippen LogP contribution in [0, 0.1) is 5.92 Å². The third kappa shape index (κ3) is 2.06. The molecule has 0 aromatic rings. The van der Waals surface area contributed by atoms with Gasteiger partial charge in [-0.1, -0.05) is 6.92 Å². The number of likely N-dealkylation sites (tertiary alicyclic amines) is 1. The van der Waals surface area contributed by atoms with Crippen LogP contribution in [0.3, 0.4) is 0 Å². The molecule has 0 spiro atoms. The van der Waals surface area contributed by atoms with Crippen molar-refractivity contribution in [1.82, 2.24) is 10.2 Å². The van der Waals surface area contributed by atoms with Crippen LogP contribution in [-0.2, 0) is 9.59 Å². The first-order valence-corrected chi connectivity index (χ1v) is 4.69. The van der Waals surface area contributed by atoms with Gasteiger partial charge in [-0.25, -0.2) is 0 Å². The maximum Gasteiger partial charge on any atom is 0.232 e. The highest BCUT2D eigenvalue weighted by molar-refractivity contribution is 6.03. The zero-order valence-electron chi connectivity index (χ0n) is 8.17. The molecule has 1 aliphatic rings. The van der Waals surface area contributed by atoms with Crippen molar-refractivity contribution in [2.75, 3.05) is 20.1 Å². The third-order valence-electron chi connectivity index (χ3n) is 2.42. The predicted molar refractivity (Wildman–Crippen MR) is 49.0 cm³/mol. The number of likely N-dealkylation sites (N-methyl/N-ethyl adjacent to an activating group) is 1. The van der Waals surface area contributed by atoms with Crippen molar-refractivity contribution in [2.45, 2.75) is 19.8 Å². The third-order valence-corrected chi connectivity index (χ3v) is 2.42. The molecule has 13 heavy (non-hydrogen) atoms. The number of carbonyl (C=O) groups excluding carboxylic acids is 2.